The lowest BCUT2D eigenvalue weighted by atomic mass is 10.2. The van der Waals surface area contributed by atoms with Crippen LogP contribution in [0.15, 0.2) is 18.2 Å². The summed E-state index contributed by atoms with van der Waals surface area (Å²) in [6.45, 7) is 0. The normalized spacial score (nSPS) is 10.0. The van der Waals surface area contributed by atoms with E-state index >= 15 is 0 Å². The van der Waals surface area contributed by atoms with Gasteiger partial charge in [0, 0.05) is 24.4 Å². The van der Waals surface area contributed by atoms with E-state index in [1.807, 2.05) is 0 Å². The number of rotatable bonds is 5. The number of halogens is 2. The Morgan fingerprint density at radius 2 is 2.24 bits per heavy atom. The molecule has 7 heteroatoms. The van der Waals surface area contributed by atoms with Crippen LogP contribution < -0.4 is 5.32 Å². The maximum Gasteiger partial charge on any atom is 0.292 e. The topological polar surface area (TPSA) is 72.2 Å². The Morgan fingerprint density at radius 3 is 2.82 bits per heavy atom. The summed E-state index contributed by atoms with van der Waals surface area (Å²) in [7, 11) is 0. The Labute approximate surface area is 102 Å². The highest BCUT2D eigenvalue weighted by Gasteiger charge is 2.16. The summed E-state index contributed by atoms with van der Waals surface area (Å²) >= 11 is 5.41. The van der Waals surface area contributed by atoms with Crippen molar-refractivity contribution in [2.45, 2.75) is 12.8 Å². The van der Waals surface area contributed by atoms with E-state index in [1.165, 1.54) is 0 Å². The van der Waals surface area contributed by atoms with Crippen molar-refractivity contribution in [2.24, 2.45) is 0 Å². The third-order valence-electron chi connectivity index (χ3n) is 1.97. The molecule has 0 spiro atoms. The van der Waals surface area contributed by atoms with Crippen LogP contribution >= 0.6 is 11.6 Å². The molecule has 17 heavy (non-hydrogen) atoms. The summed E-state index contributed by atoms with van der Waals surface area (Å²) in [6.07, 6.45) is 0.591. The van der Waals surface area contributed by atoms with Crippen LogP contribution in [0.3, 0.4) is 0 Å². The van der Waals surface area contributed by atoms with Gasteiger partial charge in [-0.2, -0.15) is 0 Å². The molecule has 0 saturated carbocycles. The lowest BCUT2D eigenvalue weighted by Crippen LogP contribution is -2.12. The molecule has 1 aromatic rings. The summed E-state index contributed by atoms with van der Waals surface area (Å²) in [5, 5.41) is 12.9. The van der Waals surface area contributed by atoms with Gasteiger partial charge < -0.3 is 5.32 Å². The second-order valence-electron chi connectivity index (χ2n) is 3.26. The van der Waals surface area contributed by atoms with Gasteiger partial charge in [0.05, 0.1) is 4.92 Å². The van der Waals surface area contributed by atoms with E-state index in [0.29, 0.717) is 12.3 Å². The fourth-order valence-corrected chi connectivity index (χ4v) is 1.34. The van der Waals surface area contributed by atoms with E-state index in [9.17, 15) is 19.3 Å². The SMILES string of the molecule is O=C(CCCCl)Nc1cc(F)ccc1[N+](=O)[O-]. The van der Waals surface area contributed by atoms with Gasteiger partial charge in [-0.15, -0.1) is 11.6 Å². The quantitative estimate of drug-likeness (QED) is 0.503. The summed E-state index contributed by atoms with van der Waals surface area (Å²) in [6, 6.07) is 2.88. The molecule has 5 nitrogen and oxygen atoms in total. The van der Waals surface area contributed by atoms with Crippen LogP contribution in [0.5, 0.6) is 0 Å². The standard InChI is InChI=1S/C10H10ClFN2O3/c11-5-1-2-10(15)13-8-6-7(12)3-4-9(8)14(16)17/h3-4,6H,1-2,5H2,(H,13,15). The Hall–Kier alpha value is -1.69. The van der Waals surface area contributed by atoms with Gasteiger partial charge in [0.2, 0.25) is 5.91 Å². The molecule has 0 saturated heterocycles. The third-order valence-corrected chi connectivity index (χ3v) is 2.23. The van der Waals surface area contributed by atoms with Crippen molar-refractivity contribution >= 4 is 28.9 Å². The first kappa shape index (κ1) is 13.4. The Kier molecular flexibility index (Phi) is 4.84. The molecule has 1 amide bonds. The minimum atomic E-state index is -0.684. The van der Waals surface area contributed by atoms with E-state index in [1.54, 1.807) is 0 Å². The lowest BCUT2D eigenvalue weighted by molar-refractivity contribution is -0.384. The molecule has 0 aromatic heterocycles. The molecule has 1 N–H and O–H groups in total. The van der Waals surface area contributed by atoms with E-state index < -0.39 is 16.6 Å². The zero-order chi connectivity index (χ0) is 12.8. The Morgan fingerprint density at radius 1 is 1.53 bits per heavy atom. The number of hydrogen-bond acceptors (Lipinski definition) is 3. The van der Waals surface area contributed by atoms with E-state index in [4.69, 9.17) is 11.6 Å². The molecular formula is C10H10ClFN2O3. The maximum atomic E-state index is 12.9. The molecule has 1 rings (SSSR count). The van der Waals surface area contributed by atoms with E-state index in [-0.39, 0.29) is 17.8 Å². The molecule has 0 heterocycles. The van der Waals surface area contributed by atoms with Gasteiger partial charge in [-0.05, 0) is 12.5 Å². The molecular weight excluding hydrogens is 251 g/mol. The van der Waals surface area contributed by atoms with Gasteiger partial charge in [-0.3, -0.25) is 14.9 Å². The number of benzene rings is 1. The molecule has 0 aliphatic rings. The minimum Gasteiger partial charge on any atom is -0.320 e. The average molecular weight is 261 g/mol. The van der Waals surface area contributed by atoms with Crippen molar-refractivity contribution in [3.63, 3.8) is 0 Å². The second-order valence-corrected chi connectivity index (χ2v) is 3.64. The van der Waals surface area contributed by atoms with Gasteiger partial charge in [0.25, 0.3) is 5.69 Å². The number of carbonyl (C=O) groups is 1. The smallest absolute Gasteiger partial charge is 0.292 e. The van der Waals surface area contributed by atoms with Crippen molar-refractivity contribution in [2.75, 3.05) is 11.2 Å². The van der Waals surface area contributed by atoms with Crippen molar-refractivity contribution in [1.82, 2.24) is 0 Å². The average Bonchev–Trinajstić information content (AvgIpc) is 2.26. The largest absolute Gasteiger partial charge is 0.320 e. The summed E-state index contributed by atoms with van der Waals surface area (Å²) in [5.74, 6) is -0.763. The monoisotopic (exact) mass is 260 g/mol. The number of nitrogens with zero attached hydrogens (tertiary/aromatic N) is 1. The zero-order valence-corrected chi connectivity index (χ0v) is 9.54. The van der Waals surface area contributed by atoms with Crippen molar-refractivity contribution in [3.05, 3.63) is 34.1 Å². The molecule has 0 fully saturated rings. The first-order chi connectivity index (χ1) is 8.04. The second kappa shape index (κ2) is 6.15. The summed E-state index contributed by atoms with van der Waals surface area (Å²) < 4.78 is 12.9. The predicted octanol–water partition coefficient (Wildman–Crippen LogP) is 2.69. The van der Waals surface area contributed by atoms with Crippen LogP contribution in [-0.4, -0.2) is 16.7 Å². The fraction of sp³-hybridized carbons (Fsp3) is 0.300. The van der Waals surface area contributed by atoms with Crippen molar-refractivity contribution < 1.29 is 14.1 Å². The van der Waals surface area contributed by atoms with Gasteiger partial charge in [0.15, 0.2) is 0 Å². The van der Waals surface area contributed by atoms with Crippen molar-refractivity contribution in [3.8, 4) is 0 Å². The number of hydrogen-bond donors (Lipinski definition) is 1. The van der Waals surface area contributed by atoms with Gasteiger partial charge >= 0.3 is 0 Å². The van der Waals surface area contributed by atoms with Gasteiger partial charge in [-0.25, -0.2) is 4.39 Å². The number of nitro groups is 1. The number of amides is 1. The summed E-state index contributed by atoms with van der Waals surface area (Å²) in [4.78, 5) is 21.3. The van der Waals surface area contributed by atoms with Crippen LogP contribution in [0.1, 0.15) is 12.8 Å². The predicted molar refractivity (Wildman–Crippen MR) is 61.6 cm³/mol. The number of nitrogens with one attached hydrogen (secondary N) is 1. The van der Waals surface area contributed by atoms with Crippen LogP contribution in [0, 0.1) is 15.9 Å². The van der Waals surface area contributed by atoms with Crippen LogP contribution in [0.4, 0.5) is 15.8 Å². The molecule has 0 aliphatic carbocycles. The van der Waals surface area contributed by atoms with Gasteiger partial charge in [0.1, 0.15) is 11.5 Å². The van der Waals surface area contributed by atoms with Crippen LogP contribution in [0.25, 0.3) is 0 Å². The number of carbonyl (C=O) groups excluding carboxylic acids is 1. The third kappa shape index (κ3) is 3.99. The first-order valence-corrected chi connectivity index (χ1v) is 5.38. The lowest BCUT2D eigenvalue weighted by Gasteiger charge is -2.05. The first-order valence-electron chi connectivity index (χ1n) is 4.84. The number of nitro benzene ring substituents is 1. The summed E-state index contributed by atoms with van der Waals surface area (Å²) in [5.41, 5.74) is -0.486. The van der Waals surface area contributed by atoms with Gasteiger partial charge in [-0.1, -0.05) is 0 Å². The molecule has 0 aliphatic heterocycles. The number of alkyl halides is 1. The molecule has 92 valence electrons. The van der Waals surface area contributed by atoms with Crippen LogP contribution in [-0.2, 0) is 4.79 Å². The Balaban J connectivity index is 2.85. The number of anilines is 1. The molecule has 1 aromatic carbocycles. The highest BCUT2D eigenvalue weighted by Crippen LogP contribution is 2.25. The highest BCUT2D eigenvalue weighted by molar-refractivity contribution is 6.18. The Bertz CT molecular complexity index is 440. The van der Waals surface area contributed by atoms with E-state index in [0.717, 1.165) is 18.2 Å². The highest BCUT2D eigenvalue weighted by atomic mass is 35.5. The fourth-order valence-electron chi connectivity index (χ4n) is 1.21. The zero-order valence-electron chi connectivity index (χ0n) is 8.78. The molecule has 0 unspecified atom stereocenters. The van der Waals surface area contributed by atoms with Crippen LogP contribution in [0.2, 0.25) is 0 Å². The maximum absolute atomic E-state index is 12.9. The molecule has 0 atom stereocenters. The molecule has 0 radical (unpaired) electrons. The molecule has 0 bridgehead atoms. The van der Waals surface area contributed by atoms with Crippen molar-refractivity contribution in [1.29, 1.82) is 0 Å². The van der Waals surface area contributed by atoms with E-state index in [2.05, 4.69) is 5.32 Å². The minimum absolute atomic E-state index is 0.136.